The summed E-state index contributed by atoms with van der Waals surface area (Å²) in [7, 11) is 0. The van der Waals surface area contributed by atoms with E-state index in [4.69, 9.17) is 44.9 Å². The monoisotopic (exact) mass is 1790 g/mol. The molecule has 12 heterocycles. The third-order valence-electron chi connectivity index (χ3n) is 27.0. The predicted molar refractivity (Wildman–Crippen MR) is 571 cm³/mol. The van der Waals surface area contributed by atoms with Gasteiger partial charge in [-0.25, -0.2) is 29.9 Å². The maximum atomic E-state index is 5.43. The number of aromatic nitrogens is 12. The van der Waals surface area contributed by atoms with Gasteiger partial charge in [-0.1, -0.05) is 328 Å². The molecule has 12 nitrogen and oxygen atoms in total. The average Bonchev–Trinajstić information content (AvgIpc) is 1.54. The van der Waals surface area contributed by atoms with Crippen LogP contribution in [0.4, 0.5) is 0 Å². The normalized spacial score (nSPS) is 12.0. The maximum Gasteiger partial charge on any atom is 0.237 e. The molecule has 0 fully saturated rings. The zero-order chi connectivity index (χ0) is 89.2. The van der Waals surface area contributed by atoms with Crippen LogP contribution in [-0.2, 0) is 0 Å². The molecular formula is C121H70N12S3. The molecule has 0 saturated carbocycles. The number of fused-ring (bicyclic) bond motifs is 34. The van der Waals surface area contributed by atoms with E-state index in [2.05, 4.69) is 390 Å². The molecule has 0 aliphatic heterocycles. The van der Waals surface area contributed by atoms with Crippen molar-refractivity contribution >= 4 is 236 Å². The van der Waals surface area contributed by atoms with Crippen LogP contribution in [0.5, 0.6) is 0 Å². The average molecular weight is 1790 g/mol. The van der Waals surface area contributed by atoms with E-state index in [1.165, 1.54) is 147 Å². The van der Waals surface area contributed by atoms with E-state index in [1.54, 1.807) is 0 Å². The Morgan fingerprint density at radius 1 is 0.184 bits per heavy atom. The molecular weight excluding hydrogens is 1720 g/mol. The Morgan fingerprint density at radius 3 is 0.912 bits per heavy atom. The Bertz CT molecular complexity index is 10200. The van der Waals surface area contributed by atoms with E-state index < -0.39 is 0 Å². The summed E-state index contributed by atoms with van der Waals surface area (Å²) in [6.45, 7) is 0. The third-order valence-corrected chi connectivity index (χ3v) is 30.6. The van der Waals surface area contributed by atoms with Gasteiger partial charge in [0.1, 0.15) is 0 Å². The number of thiophene rings is 3. The highest BCUT2D eigenvalue weighted by Crippen LogP contribution is 2.53. The summed E-state index contributed by atoms with van der Waals surface area (Å²) in [4.78, 5) is 46.0. The first-order valence-corrected chi connectivity index (χ1v) is 47.9. The van der Waals surface area contributed by atoms with Gasteiger partial charge >= 0.3 is 0 Å². The van der Waals surface area contributed by atoms with Crippen LogP contribution in [0.3, 0.4) is 0 Å². The van der Waals surface area contributed by atoms with E-state index in [0.717, 1.165) is 94.0 Å². The summed E-state index contributed by atoms with van der Waals surface area (Å²) in [5, 5.41) is 27.3. The van der Waals surface area contributed by atoms with Crippen LogP contribution in [0.25, 0.3) is 276 Å². The van der Waals surface area contributed by atoms with E-state index >= 15 is 0 Å². The molecule has 0 spiro atoms. The van der Waals surface area contributed by atoms with Crippen molar-refractivity contribution in [1.29, 1.82) is 0 Å². The van der Waals surface area contributed by atoms with Gasteiger partial charge in [0, 0.05) is 160 Å². The van der Waals surface area contributed by atoms with Gasteiger partial charge in [0.2, 0.25) is 17.8 Å². The summed E-state index contributed by atoms with van der Waals surface area (Å²) >= 11 is 5.57. The van der Waals surface area contributed by atoms with Gasteiger partial charge < -0.3 is 0 Å². The Kier molecular flexibility index (Phi) is 17.7. The van der Waals surface area contributed by atoms with E-state index in [-0.39, 0.29) is 0 Å². The van der Waals surface area contributed by atoms with Crippen LogP contribution in [0.2, 0.25) is 0 Å². The highest BCUT2D eigenvalue weighted by atomic mass is 32.1. The number of benzene rings is 18. The maximum absolute atomic E-state index is 5.43. The largest absolute Gasteiger partial charge is 0.277 e. The van der Waals surface area contributed by atoms with Gasteiger partial charge in [0.15, 0.2) is 16.9 Å². The quantitative estimate of drug-likeness (QED) is 0.146. The minimum Gasteiger partial charge on any atom is -0.277 e. The van der Waals surface area contributed by atoms with Crippen molar-refractivity contribution < 1.29 is 0 Å². The fourth-order valence-corrected chi connectivity index (χ4v) is 24.9. The number of pyridine rings is 3. The molecule has 0 aliphatic rings. The van der Waals surface area contributed by atoms with Gasteiger partial charge in [0.25, 0.3) is 0 Å². The second-order valence-electron chi connectivity index (χ2n) is 34.4. The first kappa shape index (κ1) is 77.3. The predicted octanol–water partition coefficient (Wildman–Crippen LogP) is 32.4. The summed E-state index contributed by atoms with van der Waals surface area (Å²) in [6, 6.07) is 144. The number of hydrogen-bond acceptors (Lipinski definition) is 12. The second kappa shape index (κ2) is 31.1. The number of nitrogens with zero attached hydrogens (tertiary/aromatic N) is 12. The van der Waals surface area contributed by atoms with Crippen molar-refractivity contribution in [3.8, 4) is 73.9 Å². The Labute approximate surface area is 787 Å². The molecule has 30 rings (SSSR count). The first-order valence-electron chi connectivity index (χ1n) is 45.5. The number of rotatable bonds is 8. The number of para-hydroxylation sites is 3. The van der Waals surface area contributed by atoms with E-state index in [0.29, 0.717) is 34.8 Å². The van der Waals surface area contributed by atoms with E-state index in [9.17, 15) is 0 Å². The van der Waals surface area contributed by atoms with Gasteiger partial charge in [-0.05, 0) is 128 Å². The Hall–Kier alpha value is -17.5. The van der Waals surface area contributed by atoms with Crippen LogP contribution in [0.15, 0.2) is 425 Å². The van der Waals surface area contributed by atoms with Crippen molar-refractivity contribution in [2.45, 2.75) is 0 Å². The molecule has 0 N–H and O–H groups in total. The molecule has 0 unspecified atom stereocenters. The zero-order valence-corrected chi connectivity index (χ0v) is 75.0. The molecule has 632 valence electrons. The lowest BCUT2D eigenvalue weighted by Crippen LogP contribution is -2.04. The zero-order valence-electron chi connectivity index (χ0n) is 72.5. The molecule has 0 bridgehead atoms. The molecule has 0 aliphatic carbocycles. The standard InChI is InChI=1S/2C41H24N4S.C39H22N4S/c1-2-12-25(13-3-1)26-14-10-15-27(24-26)37-32-20-11-23-42-40(32)44-41(43-37)45-33-21-8-6-18-30(33)35-28-16-4-5-17-29(28)39-36(38(35)45)31-19-7-9-22-34(31)46-39;1-2-11-25(12-3-1)26-20-22-27(23-21-26)37-32-17-10-24-42-40(32)44-41(43-37)45-33-18-8-6-15-30(33)35-28-13-4-5-14-29(28)39-36(38(35)45)31-16-7-9-19-34(31)46-39;1-2-13-24-23(11-1)12-9-18-26(24)35-30-19-10-22-40-38(30)42-39(41-35)43-31-20-7-5-16-28(31)33-25-14-3-4-15-27(25)37-34(36(33)43)29-17-6-8-21-32(29)44-37/h2*1-24H;1-22H. The van der Waals surface area contributed by atoms with Crippen molar-refractivity contribution in [2.75, 3.05) is 0 Å². The lowest BCUT2D eigenvalue weighted by Gasteiger charge is -2.13. The molecule has 136 heavy (non-hydrogen) atoms. The molecule has 15 heteroatoms. The third kappa shape index (κ3) is 12.0. The van der Waals surface area contributed by atoms with Crippen molar-refractivity contribution in [1.82, 2.24) is 58.6 Å². The highest BCUT2D eigenvalue weighted by Gasteiger charge is 2.30. The molecule has 0 radical (unpaired) electrons. The minimum atomic E-state index is 0.615. The van der Waals surface area contributed by atoms with Crippen LogP contribution in [0, 0.1) is 0 Å². The fourth-order valence-electron chi connectivity index (χ4n) is 21.1. The summed E-state index contributed by atoms with van der Waals surface area (Å²) < 4.78 is 14.5. The van der Waals surface area contributed by atoms with Gasteiger partial charge in [-0.2, -0.15) is 15.0 Å². The Morgan fingerprint density at radius 2 is 0.478 bits per heavy atom. The van der Waals surface area contributed by atoms with Crippen LogP contribution in [-0.4, -0.2) is 58.6 Å². The number of hydrogen-bond donors (Lipinski definition) is 0. The summed E-state index contributed by atoms with van der Waals surface area (Å²) in [6.07, 6.45) is 5.44. The SMILES string of the molecule is c1ccc(-c2ccc(-c3nc(-n4c5ccccc5c5c6ccccc6c6sc7ccccc7c6c54)nc4ncccc34)cc2)cc1.c1ccc(-c2cccc(-c3nc(-n4c5ccccc5c5c6ccccc6c6sc7ccccc7c6c54)nc4ncccc34)c2)cc1.c1ccc2c(-c3nc(-n4c5ccccc5c5c6ccccc6c6sc7ccccc7c6c54)nc4ncccc34)cccc2c1. The molecule has 0 amide bonds. The van der Waals surface area contributed by atoms with Gasteiger partial charge in [-0.3, -0.25) is 13.7 Å². The fraction of sp³-hybridized carbons (Fsp3) is 0. The second-order valence-corrected chi connectivity index (χ2v) is 37.6. The van der Waals surface area contributed by atoms with Crippen LogP contribution >= 0.6 is 34.0 Å². The minimum absolute atomic E-state index is 0.615. The lowest BCUT2D eigenvalue weighted by atomic mass is 10.00. The van der Waals surface area contributed by atoms with Crippen molar-refractivity contribution in [3.63, 3.8) is 0 Å². The van der Waals surface area contributed by atoms with Crippen molar-refractivity contribution in [2.24, 2.45) is 0 Å². The molecule has 30 aromatic rings. The van der Waals surface area contributed by atoms with Crippen LogP contribution < -0.4 is 0 Å². The summed E-state index contributed by atoms with van der Waals surface area (Å²) in [5.74, 6) is 1.85. The molecule has 0 atom stereocenters. The van der Waals surface area contributed by atoms with Crippen molar-refractivity contribution in [3.05, 3.63) is 425 Å². The summed E-state index contributed by atoms with van der Waals surface area (Å²) in [5.41, 5.74) is 19.1. The highest BCUT2D eigenvalue weighted by molar-refractivity contribution is 7.28. The smallest absolute Gasteiger partial charge is 0.237 e. The molecule has 18 aromatic carbocycles. The lowest BCUT2D eigenvalue weighted by molar-refractivity contribution is 1.01. The van der Waals surface area contributed by atoms with E-state index in [1.807, 2.05) is 82.9 Å². The van der Waals surface area contributed by atoms with Crippen LogP contribution in [0.1, 0.15) is 0 Å². The Balaban J connectivity index is 0.000000101. The molecule has 0 saturated heterocycles. The van der Waals surface area contributed by atoms with Gasteiger partial charge in [-0.15, -0.1) is 34.0 Å². The first-order chi connectivity index (χ1) is 67.5. The molecule has 12 aromatic heterocycles. The topological polar surface area (TPSA) is 131 Å². The van der Waals surface area contributed by atoms with Gasteiger partial charge in [0.05, 0.1) is 50.2 Å².